The van der Waals surface area contributed by atoms with E-state index >= 15 is 0 Å². The van der Waals surface area contributed by atoms with Crippen molar-refractivity contribution < 1.29 is 23.7 Å². The molecule has 0 saturated carbocycles. The molecule has 1 unspecified atom stereocenters. The molecule has 5 rings (SSSR count). The van der Waals surface area contributed by atoms with Crippen LogP contribution in [0.15, 0.2) is 60.0 Å². The number of hydrogen-bond acceptors (Lipinski definition) is 8. The lowest BCUT2D eigenvalue weighted by atomic mass is 9.83. The average Bonchev–Trinajstić information content (AvgIpc) is 3.23. The molecule has 0 amide bonds. The van der Waals surface area contributed by atoms with Crippen LogP contribution in [0.3, 0.4) is 0 Å². The molecule has 0 radical (unpaired) electrons. The Kier molecular flexibility index (Phi) is 7.03. The first-order valence-electron chi connectivity index (χ1n) is 11.0. The molecule has 0 bridgehead atoms. The predicted molar refractivity (Wildman–Crippen MR) is 147 cm³/mol. The Balaban J connectivity index is 1.52. The van der Waals surface area contributed by atoms with Crippen molar-refractivity contribution >= 4 is 62.2 Å². The van der Waals surface area contributed by atoms with Gasteiger partial charge in [-0.25, -0.2) is 4.79 Å². The maximum atomic E-state index is 13.0. The molecular formula is C27H17Cl3N2O5S. The summed E-state index contributed by atoms with van der Waals surface area (Å²) in [6, 6.07) is 15.5. The Bertz CT molecular complexity index is 1690. The first kappa shape index (κ1) is 26.0. The van der Waals surface area contributed by atoms with Gasteiger partial charge >= 0.3 is 5.97 Å². The van der Waals surface area contributed by atoms with Crippen molar-refractivity contribution in [3.63, 3.8) is 0 Å². The fourth-order valence-corrected chi connectivity index (χ4v) is 6.52. The van der Waals surface area contributed by atoms with Crippen LogP contribution in [0.25, 0.3) is 10.1 Å². The number of fused-ring (bicyclic) bond motifs is 2. The number of thiophene rings is 1. The van der Waals surface area contributed by atoms with E-state index in [0.29, 0.717) is 48.5 Å². The number of nitriles is 1. The van der Waals surface area contributed by atoms with E-state index in [9.17, 15) is 10.1 Å². The zero-order chi connectivity index (χ0) is 27.1. The Morgan fingerprint density at radius 1 is 1.03 bits per heavy atom. The van der Waals surface area contributed by atoms with Crippen molar-refractivity contribution in [2.45, 2.75) is 5.92 Å². The van der Waals surface area contributed by atoms with Crippen molar-refractivity contribution in [2.75, 3.05) is 14.2 Å². The Hall–Kier alpha value is -3.61. The highest BCUT2D eigenvalue weighted by atomic mass is 35.5. The molecule has 192 valence electrons. The molecule has 2 heterocycles. The summed E-state index contributed by atoms with van der Waals surface area (Å²) in [7, 11) is 3.08. The topological polar surface area (TPSA) is 104 Å². The highest BCUT2D eigenvalue weighted by Crippen LogP contribution is 2.47. The number of hydrogen-bond donors (Lipinski definition) is 1. The highest BCUT2D eigenvalue weighted by Gasteiger charge is 2.33. The number of rotatable bonds is 5. The summed E-state index contributed by atoms with van der Waals surface area (Å²) in [6.07, 6.45) is 0. The van der Waals surface area contributed by atoms with E-state index < -0.39 is 11.9 Å². The second kappa shape index (κ2) is 10.3. The Labute approximate surface area is 236 Å². The number of allylic oxidation sites excluding steroid dienone is 1. The second-order valence-electron chi connectivity index (χ2n) is 8.13. The van der Waals surface area contributed by atoms with Gasteiger partial charge in [-0.1, -0.05) is 46.9 Å². The molecule has 1 aliphatic rings. The van der Waals surface area contributed by atoms with Gasteiger partial charge in [0.1, 0.15) is 39.5 Å². The van der Waals surface area contributed by atoms with E-state index in [1.54, 1.807) is 49.6 Å². The van der Waals surface area contributed by atoms with E-state index in [2.05, 4.69) is 6.07 Å². The third kappa shape index (κ3) is 4.48. The number of carbonyl (C=O) groups excluding carboxylic acids is 1. The van der Waals surface area contributed by atoms with Gasteiger partial charge in [-0.15, -0.1) is 11.3 Å². The molecule has 11 heteroatoms. The van der Waals surface area contributed by atoms with Crippen molar-refractivity contribution in [3.05, 3.63) is 91.1 Å². The number of esters is 1. The van der Waals surface area contributed by atoms with Crippen LogP contribution in [0.1, 0.15) is 26.7 Å². The summed E-state index contributed by atoms with van der Waals surface area (Å²) in [5, 5.41) is 11.4. The summed E-state index contributed by atoms with van der Waals surface area (Å²) in [5.74, 6) is 0.305. The van der Waals surface area contributed by atoms with Crippen LogP contribution >= 0.6 is 46.1 Å². The number of nitrogens with two attached hydrogens (primary N) is 1. The van der Waals surface area contributed by atoms with Crippen molar-refractivity contribution in [2.24, 2.45) is 5.73 Å². The van der Waals surface area contributed by atoms with Gasteiger partial charge in [0.15, 0.2) is 0 Å². The molecule has 0 aliphatic carbocycles. The van der Waals surface area contributed by atoms with Gasteiger partial charge in [0, 0.05) is 38.4 Å². The zero-order valence-corrected chi connectivity index (χ0v) is 22.9. The highest BCUT2D eigenvalue weighted by molar-refractivity contribution is 7.21. The van der Waals surface area contributed by atoms with E-state index in [4.69, 9.17) is 59.5 Å². The standard InChI is InChI=1S/C27H17Cl3N2O5S/c1-34-13-3-5-15(19(9-13)35-2)22-16-6-4-14(10-20(16)37-26(32)17(22)11-31)36-27(33)25-24(30)23-18(29)7-12(28)8-21(23)38-25/h3-10,22H,32H2,1-2H3. The normalized spacial score (nSPS) is 14.5. The number of methoxy groups -OCH3 is 2. The molecule has 0 fully saturated rings. The molecule has 1 atom stereocenters. The maximum absolute atomic E-state index is 13.0. The van der Waals surface area contributed by atoms with Crippen molar-refractivity contribution in [1.29, 1.82) is 5.26 Å². The summed E-state index contributed by atoms with van der Waals surface area (Å²) in [5.41, 5.74) is 7.68. The zero-order valence-electron chi connectivity index (χ0n) is 19.8. The summed E-state index contributed by atoms with van der Waals surface area (Å²) in [6.45, 7) is 0. The average molecular weight is 588 g/mol. The van der Waals surface area contributed by atoms with E-state index in [1.807, 2.05) is 0 Å². The Morgan fingerprint density at radius 2 is 1.76 bits per heavy atom. The van der Waals surface area contributed by atoms with E-state index in [0.717, 1.165) is 11.3 Å². The number of carbonyl (C=O) groups is 1. The lowest BCUT2D eigenvalue weighted by molar-refractivity contribution is 0.0740. The van der Waals surface area contributed by atoms with E-state index in [-0.39, 0.29) is 27.1 Å². The summed E-state index contributed by atoms with van der Waals surface area (Å²) < 4.78 is 22.9. The minimum Gasteiger partial charge on any atom is -0.497 e. The van der Waals surface area contributed by atoms with Gasteiger partial charge in [0.05, 0.1) is 30.2 Å². The lowest BCUT2D eigenvalue weighted by Crippen LogP contribution is -2.21. The van der Waals surface area contributed by atoms with E-state index in [1.165, 1.54) is 13.2 Å². The minimum absolute atomic E-state index is 0.0644. The molecular weight excluding hydrogens is 571 g/mol. The number of benzene rings is 3. The first-order chi connectivity index (χ1) is 18.2. The summed E-state index contributed by atoms with van der Waals surface area (Å²) in [4.78, 5) is 13.2. The van der Waals surface area contributed by atoms with Gasteiger partial charge in [-0.05, 0) is 24.3 Å². The van der Waals surface area contributed by atoms with Crippen LogP contribution in [0.2, 0.25) is 15.1 Å². The van der Waals surface area contributed by atoms with Gasteiger partial charge in [-0.2, -0.15) is 5.26 Å². The molecule has 7 nitrogen and oxygen atoms in total. The first-order valence-corrected chi connectivity index (χ1v) is 12.9. The molecule has 3 aromatic carbocycles. The quantitative estimate of drug-likeness (QED) is 0.193. The van der Waals surface area contributed by atoms with Crippen molar-refractivity contribution in [1.82, 2.24) is 0 Å². The van der Waals surface area contributed by atoms with Crippen LogP contribution < -0.4 is 24.7 Å². The largest absolute Gasteiger partial charge is 0.497 e. The molecule has 1 aliphatic heterocycles. The smallest absolute Gasteiger partial charge is 0.355 e. The number of halogens is 3. The SMILES string of the molecule is COc1ccc(C2C(C#N)=C(N)Oc3cc(OC(=O)c4sc5cc(Cl)cc(Cl)c5c4Cl)ccc32)c(OC)c1. The minimum atomic E-state index is -0.672. The molecule has 1 aromatic heterocycles. The molecule has 4 aromatic rings. The van der Waals surface area contributed by atoms with Gasteiger partial charge in [0.2, 0.25) is 5.88 Å². The van der Waals surface area contributed by atoms with Crippen molar-refractivity contribution in [3.8, 4) is 29.1 Å². The van der Waals surface area contributed by atoms with Crippen LogP contribution in [-0.2, 0) is 0 Å². The monoisotopic (exact) mass is 586 g/mol. The predicted octanol–water partition coefficient (Wildman–Crippen LogP) is 7.32. The lowest BCUT2D eigenvalue weighted by Gasteiger charge is -2.27. The maximum Gasteiger partial charge on any atom is 0.355 e. The van der Waals surface area contributed by atoms with Crippen LogP contribution in [0.5, 0.6) is 23.0 Å². The van der Waals surface area contributed by atoms with Crippen LogP contribution in [-0.4, -0.2) is 20.2 Å². The van der Waals surface area contributed by atoms with Crippen LogP contribution in [0, 0.1) is 11.3 Å². The van der Waals surface area contributed by atoms with Gasteiger partial charge in [0.25, 0.3) is 0 Å². The van der Waals surface area contributed by atoms with Gasteiger partial charge < -0.3 is 24.7 Å². The molecule has 0 spiro atoms. The molecule has 0 saturated heterocycles. The fraction of sp³-hybridized carbons (Fsp3) is 0.111. The fourth-order valence-electron chi connectivity index (χ4n) is 4.27. The molecule has 2 N–H and O–H groups in total. The van der Waals surface area contributed by atoms with Gasteiger partial charge in [-0.3, -0.25) is 0 Å². The summed E-state index contributed by atoms with van der Waals surface area (Å²) >= 11 is 20.0. The second-order valence-corrected chi connectivity index (χ2v) is 10.4. The third-order valence-electron chi connectivity index (χ3n) is 5.99. The Morgan fingerprint density at radius 3 is 2.47 bits per heavy atom. The molecule has 38 heavy (non-hydrogen) atoms. The third-order valence-corrected chi connectivity index (χ3v) is 8.11. The van der Waals surface area contributed by atoms with Crippen LogP contribution in [0.4, 0.5) is 0 Å². The number of ether oxygens (including phenoxy) is 4. The number of nitrogens with zero attached hydrogens (tertiary/aromatic N) is 1.